The fourth-order valence-electron chi connectivity index (χ4n) is 0.883. The van der Waals surface area contributed by atoms with Crippen LogP contribution in [-0.2, 0) is 4.84 Å². The van der Waals surface area contributed by atoms with Gasteiger partial charge in [0.1, 0.15) is 0 Å². The molecule has 0 heterocycles. The molecule has 0 spiro atoms. The van der Waals surface area contributed by atoms with Crippen LogP contribution >= 0.6 is 0 Å². The van der Waals surface area contributed by atoms with Crippen molar-refractivity contribution >= 4 is 5.71 Å². The molecule has 0 aliphatic rings. The van der Waals surface area contributed by atoms with Crippen LogP contribution in [0.5, 0.6) is 0 Å². The molecule has 15 heavy (non-hydrogen) atoms. The Morgan fingerprint density at radius 3 is 2.53 bits per heavy atom. The first-order valence-corrected chi connectivity index (χ1v) is 4.19. The maximum absolute atomic E-state index is 11.7. The van der Waals surface area contributed by atoms with E-state index in [0.29, 0.717) is 11.3 Å². The highest BCUT2D eigenvalue weighted by atomic mass is 19.4. The van der Waals surface area contributed by atoms with Crippen LogP contribution in [0.4, 0.5) is 13.2 Å². The van der Waals surface area contributed by atoms with Gasteiger partial charge in [0.15, 0.2) is 0 Å². The second-order valence-corrected chi connectivity index (χ2v) is 2.85. The van der Waals surface area contributed by atoms with Gasteiger partial charge in [-0.2, -0.15) is 13.2 Å². The smallest absolute Gasteiger partial charge is 0.386 e. The molecule has 0 aliphatic heterocycles. The molecule has 1 aromatic carbocycles. The molecular formula is C10H9F3NO. The summed E-state index contributed by atoms with van der Waals surface area (Å²) in [6.07, 6.45) is -4.35. The van der Waals surface area contributed by atoms with Crippen molar-refractivity contribution in [2.75, 3.05) is 6.61 Å². The van der Waals surface area contributed by atoms with Crippen LogP contribution in [0.25, 0.3) is 0 Å². The van der Waals surface area contributed by atoms with Crippen molar-refractivity contribution in [2.45, 2.75) is 13.1 Å². The zero-order valence-electron chi connectivity index (χ0n) is 8.01. The number of benzene rings is 1. The second-order valence-electron chi connectivity index (χ2n) is 2.85. The maximum Gasteiger partial charge on any atom is 0.425 e. The van der Waals surface area contributed by atoms with Crippen LogP contribution in [0, 0.1) is 6.07 Å². The third-order valence-corrected chi connectivity index (χ3v) is 1.57. The van der Waals surface area contributed by atoms with Crippen LogP contribution in [0.15, 0.2) is 29.4 Å². The minimum atomic E-state index is -4.35. The first-order chi connectivity index (χ1) is 6.99. The molecule has 1 aromatic rings. The van der Waals surface area contributed by atoms with Crippen molar-refractivity contribution in [3.8, 4) is 0 Å². The van der Waals surface area contributed by atoms with Gasteiger partial charge in [-0.3, -0.25) is 0 Å². The zero-order chi connectivity index (χ0) is 11.3. The van der Waals surface area contributed by atoms with Crippen molar-refractivity contribution in [1.82, 2.24) is 0 Å². The molecule has 0 aliphatic carbocycles. The van der Waals surface area contributed by atoms with E-state index in [-0.39, 0.29) is 0 Å². The molecule has 0 unspecified atom stereocenters. The molecule has 0 atom stereocenters. The Bertz CT molecular complexity index is 332. The van der Waals surface area contributed by atoms with Crippen molar-refractivity contribution in [1.29, 1.82) is 0 Å². The molecule has 0 aromatic heterocycles. The first-order valence-electron chi connectivity index (χ1n) is 4.19. The molecule has 1 radical (unpaired) electrons. The standard InChI is InChI=1S/C10H9F3NO/c1-8(9-5-3-2-4-6-9)14-15-7-10(11,12)13/h3-6H,7H2,1H3/b14-8+. The van der Waals surface area contributed by atoms with E-state index in [0.717, 1.165) is 0 Å². The summed E-state index contributed by atoms with van der Waals surface area (Å²) in [7, 11) is 0. The molecule has 0 bridgehead atoms. The Hall–Kier alpha value is -1.52. The van der Waals surface area contributed by atoms with E-state index in [9.17, 15) is 13.2 Å². The molecule has 0 N–H and O–H groups in total. The van der Waals surface area contributed by atoms with Gasteiger partial charge in [-0.1, -0.05) is 29.4 Å². The highest BCUT2D eigenvalue weighted by molar-refractivity contribution is 5.98. The third kappa shape index (κ3) is 4.49. The number of hydrogen-bond acceptors (Lipinski definition) is 2. The summed E-state index contributed by atoms with van der Waals surface area (Å²) in [5, 5.41) is 3.36. The van der Waals surface area contributed by atoms with Crippen molar-refractivity contribution in [3.05, 3.63) is 35.9 Å². The zero-order valence-corrected chi connectivity index (χ0v) is 8.01. The van der Waals surface area contributed by atoms with Gasteiger partial charge in [-0.15, -0.1) is 0 Å². The van der Waals surface area contributed by atoms with Gasteiger partial charge in [-0.05, 0) is 18.6 Å². The van der Waals surface area contributed by atoms with Crippen LogP contribution in [0.1, 0.15) is 12.5 Å². The lowest BCUT2D eigenvalue weighted by atomic mass is 10.1. The number of rotatable bonds is 3. The highest BCUT2D eigenvalue weighted by Gasteiger charge is 2.28. The Labute approximate surface area is 85.4 Å². The van der Waals surface area contributed by atoms with Crippen LogP contribution in [0.2, 0.25) is 0 Å². The summed E-state index contributed by atoms with van der Waals surface area (Å²) in [5.41, 5.74) is 1.10. The number of halogens is 3. The predicted molar refractivity (Wildman–Crippen MR) is 49.5 cm³/mol. The lowest BCUT2D eigenvalue weighted by Crippen LogP contribution is -2.15. The molecule has 0 saturated heterocycles. The van der Waals surface area contributed by atoms with Gasteiger partial charge < -0.3 is 4.84 Å². The van der Waals surface area contributed by atoms with E-state index >= 15 is 0 Å². The van der Waals surface area contributed by atoms with E-state index in [1.165, 1.54) is 0 Å². The molecule has 0 fully saturated rings. The Kier molecular flexibility index (Phi) is 3.71. The number of hydrogen-bond donors (Lipinski definition) is 0. The number of alkyl halides is 3. The molecular weight excluding hydrogens is 207 g/mol. The average molecular weight is 216 g/mol. The third-order valence-electron chi connectivity index (χ3n) is 1.57. The lowest BCUT2D eigenvalue weighted by molar-refractivity contribution is -0.173. The Morgan fingerprint density at radius 1 is 1.40 bits per heavy atom. The molecule has 2 nitrogen and oxygen atoms in total. The fourth-order valence-corrected chi connectivity index (χ4v) is 0.883. The summed E-state index contributed by atoms with van der Waals surface area (Å²) in [6.45, 7) is 0.203. The van der Waals surface area contributed by atoms with Crippen molar-refractivity contribution < 1.29 is 18.0 Å². The summed E-state index contributed by atoms with van der Waals surface area (Å²) in [5.74, 6) is 0. The highest BCUT2D eigenvalue weighted by Crippen LogP contribution is 2.14. The summed E-state index contributed by atoms with van der Waals surface area (Å²) in [4.78, 5) is 4.17. The van der Waals surface area contributed by atoms with Crippen molar-refractivity contribution in [2.24, 2.45) is 5.16 Å². The lowest BCUT2D eigenvalue weighted by Gasteiger charge is -2.05. The molecule has 0 amide bonds. The van der Waals surface area contributed by atoms with Gasteiger partial charge in [0.2, 0.25) is 6.61 Å². The van der Waals surface area contributed by atoms with Gasteiger partial charge in [-0.25, -0.2) is 0 Å². The van der Waals surface area contributed by atoms with Crippen LogP contribution in [0.3, 0.4) is 0 Å². The van der Waals surface area contributed by atoms with Crippen molar-refractivity contribution in [3.63, 3.8) is 0 Å². The first kappa shape index (κ1) is 11.6. The normalized spacial score (nSPS) is 12.7. The van der Waals surface area contributed by atoms with E-state index in [2.05, 4.69) is 16.1 Å². The van der Waals surface area contributed by atoms with E-state index in [4.69, 9.17) is 0 Å². The Balaban J connectivity index is 2.54. The summed E-state index contributed by atoms with van der Waals surface area (Å²) >= 11 is 0. The molecule has 0 saturated carbocycles. The fraction of sp³-hybridized carbons (Fsp3) is 0.300. The number of oxime groups is 1. The summed E-state index contributed by atoms with van der Waals surface area (Å²) in [6, 6.07) is 9.47. The molecule has 81 valence electrons. The van der Waals surface area contributed by atoms with Gasteiger partial charge in [0.05, 0.1) is 5.71 Å². The quantitative estimate of drug-likeness (QED) is 0.562. The second kappa shape index (κ2) is 4.82. The topological polar surface area (TPSA) is 21.6 Å². The molecule has 1 rings (SSSR count). The monoisotopic (exact) mass is 216 g/mol. The van der Waals surface area contributed by atoms with E-state index in [1.807, 2.05) is 0 Å². The average Bonchev–Trinajstić information content (AvgIpc) is 2.17. The van der Waals surface area contributed by atoms with Gasteiger partial charge in [0, 0.05) is 0 Å². The predicted octanol–water partition coefficient (Wildman–Crippen LogP) is 2.79. The van der Waals surface area contributed by atoms with E-state index < -0.39 is 12.8 Å². The van der Waals surface area contributed by atoms with E-state index in [1.54, 1.807) is 31.2 Å². The minimum absolute atomic E-state index is 0.397. The number of nitrogens with zero attached hydrogens (tertiary/aromatic N) is 1. The van der Waals surface area contributed by atoms with Gasteiger partial charge >= 0.3 is 6.18 Å². The van der Waals surface area contributed by atoms with Crippen LogP contribution in [-0.4, -0.2) is 18.5 Å². The minimum Gasteiger partial charge on any atom is -0.386 e. The van der Waals surface area contributed by atoms with Crippen LogP contribution < -0.4 is 0 Å². The summed E-state index contributed by atoms with van der Waals surface area (Å²) < 4.78 is 35.1. The molecule has 5 heteroatoms. The SMILES string of the molecule is C/C(=N\OCC(F)(F)F)c1cc[c]cc1. The largest absolute Gasteiger partial charge is 0.425 e. The Morgan fingerprint density at radius 2 is 2.00 bits per heavy atom. The maximum atomic E-state index is 11.7. The van der Waals surface area contributed by atoms with Gasteiger partial charge in [0.25, 0.3) is 0 Å².